The van der Waals surface area contributed by atoms with E-state index >= 15 is 0 Å². The summed E-state index contributed by atoms with van der Waals surface area (Å²) in [6.45, 7) is 1.89. The Morgan fingerprint density at radius 3 is 3.04 bits per heavy atom. The lowest BCUT2D eigenvalue weighted by Gasteiger charge is -2.38. The number of benzene rings is 1. The number of nitrogens with one attached hydrogen (secondary N) is 3. The molecule has 0 spiro atoms. The van der Waals surface area contributed by atoms with Crippen LogP contribution in [0.3, 0.4) is 0 Å². The molecule has 0 unspecified atom stereocenters. The van der Waals surface area contributed by atoms with E-state index in [9.17, 15) is 9.59 Å². The molecule has 1 aromatic heterocycles. The van der Waals surface area contributed by atoms with Crippen LogP contribution in [0, 0.1) is 0 Å². The summed E-state index contributed by atoms with van der Waals surface area (Å²) in [6.07, 6.45) is 4.24. The monoisotopic (exact) mass is 341 g/mol. The molecule has 4 rings (SSSR count). The van der Waals surface area contributed by atoms with Crippen molar-refractivity contribution in [2.45, 2.75) is 56.7 Å². The highest BCUT2D eigenvalue weighted by atomic mass is 16.3. The summed E-state index contributed by atoms with van der Waals surface area (Å²) in [7, 11) is 0. The third-order valence-electron chi connectivity index (χ3n) is 5.43. The Balaban J connectivity index is 1.45. The fourth-order valence-electron chi connectivity index (χ4n) is 4.13. The van der Waals surface area contributed by atoms with Crippen LogP contribution in [0.15, 0.2) is 34.7 Å². The minimum atomic E-state index is -0.451. The largest absolute Gasteiger partial charge is 0.459 e. The van der Waals surface area contributed by atoms with Gasteiger partial charge in [-0.15, -0.1) is 0 Å². The average Bonchev–Trinajstić information content (AvgIpc) is 3.14. The lowest BCUT2D eigenvalue weighted by Crippen LogP contribution is -2.59. The molecule has 6 nitrogen and oxygen atoms in total. The molecule has 25 heavy (non-hydrogen) atoms. The van der Waals surface area contributed by atoms with Gasteiger partial charge in [0.05, 0.1) is 24.0 Å². The molecule has 1 aliphatic heterocycles. The molecule has 1 aliphatic carbocycles. The Morgan fingerprint density at radius 2 is 2.20 bits per heavy atom. The second-order valence-electron chi connectivity index (χ2n) is 7.21. The van der Waals surface area contributed by atoms with E-state index < -0.39 is 5.54 Å². The molecule has 3 amide bonds. The van der Waals surface area contributed by atoms with Crippen molar-refractivity contribution in [2.75, 3.05) is 0 Å². The standard InChI is InChI=1S/C19H23N3O3/c1-12(15-10-13-6-2-3-7-14(13)25-15)20-18(24)22-19-9-5-4-8-16(19)21-17(23)11-19/h2-3,6-7,10,12,16H,4-5,8-9,11H2,1H3,(H,21,23)(H2,20,22,24)/t12-,16+,19-/m1/s1. The normalized spacial score (nSPS) is 26.8. The topological polar surface area (TPSA) is 83.4 Å². The molecule has 0 radical (unpaired) electrons. The van der Waals surface area contributed by atoms with Gasteiger partial charge in [-0.05, 0) is 31.9 Å². The molecule has 0 bridgehead atoms. The number of fused-ring (bicyclic) bond motifs is 2. The van der Waals surface area contributed by atoms with Gasteiger partial charge in [-0.25, -0.2) is 4.79 Å². The van der Waals surface area contributed by atoms with Crippen LogP contribution in [-0.2, 0) is 4.79 Å². The van der Waals surface area contributed by atoms with Crippen LogP contribution in [-0.4, -0.2) is 23.5 Å². The zero-order valence-electron chi connectivity index (χ0n) is 14.3. The highest BCUT2D eigenvalue weighted by Crippen LogP contribution is 2.35. The van der Waals surface area contributed by atoms with Gasteiger partial charge in [0.2, 0.25) is 5.91 Å². The number of carbonyl (C=O) groups excluding carboxylic acids is 2. The summed E-state index contributed by atoms with van der Waals surface area (Å²) in [6, 6.07) is 9.26. The Kier molecular flexibility index (Phi) is 3.90. The fourth-order valence-corrected chi connectivity index (χ4v) is 4.13. The van der Waals surface area contributed by atoms with E-state index in [4.69, 9.17) is 4.42 Å². The second kappa shape index (κ2) is 6.10. The lowest BCUT2D eigenvalue weighted by molar-refractivity contribution is -0.119. The molecule has 3 atom stereocenters. The number of amides is 3. The van der Waals surface area contributed by atoms with Crippen molar-refractivity contribution in [1.29, 1.82) is 0 Å². The van der Waals surface area contributed by atoms with Gasteiger partial charge in [-0.3, -0.25) is 4.79 Å². The molecule has 2 heterocycles. The average molecular weight is 341 g/mol. The van der Waals surface area contributed by atoms with E-state index in [1.165, 1.54) is 0 Å². The number of urea groups is 1. The first-order chi connectivity index (χ1) is 12.1. The number of carbonyl (C=O) groups is 2. The van der Waals surface area contributed by atoms with Crippen LogP contribution >= 0.6 is 0 Å². The van der Waals surface area contributed by atoms with Crippen molar-refractivity contribution in [3.05, 3.63) is 36.1 Å². The maximum absolute atomic E-state index is 12.6. The Hall–Kier alpha value is -2.50. The number of furan rings is 1. The van der Waals surface area contributed by atoms with Crippen molar-refractivity contribution in [1.82, 2.24) is 16.0 Å². The van der Waals surface area contributed by atoms with Gasteiger partial charge in [0.15, 0.2) is 0 Å². The first kappa shape index (κ1) is 16.0. The van der Waals surface area contributed by atoms with Gasteiger partial charge in [0.25, 0.3) is 0 Å². The summed E-state index contributed by atoms with van der Waals surface area (Å²) in [5.41, 5.74) is 0.357. The van der Waals surface area contributed by atoms with Gasteiger partial charge in [-0.2, -0.15) is 0 Å². The molecular formula is C19H23N3O3. The highest BCUT2D eigenvalue weighted by molar-refractivity contribution is 5.84. The first-order valence-corrected chi connectivity index (χ1v) is 8.92. The third-order valence-corrected chi connectivity index (χ3v) is 5.43. The Morgan fingerprint density at radius 1 is 1.36 bits per heavy atom. The van der Waals surface area contributed by atoms with Crippen LogP contribution in [0.1, 0.15) is 50.8 Å². The molecule has 3 N–H and O–H groups in total. The Bertz CT molecular complexity index is 782. The van der Waals surface area contributed by atoms with Crippen LogP contribution in [0.25, 0.3) is 11.0 Å². The van der Waals surface area contributed by atoms with Gasteiger partial charge in [0.1, 0.15) is 11.3 Å². The minimum Gasteiger partial charge on any atom is -0.459 e. The van der Waals surface area contributed by atoms with Gasteiger partial charge < -0.3 is 20.4 Å². The van der Waals surface area contributed by atoms with Crippen LogP contribution in [0.2, 0.25) is 0 Å². The van der Waals surface area contributed by atoms with Crippen molar-refractivity contribution in [2.24, 2.45) is 0 Å². The third kappa shape index (κ3) is 2.97. The van der Waals surface area contributed by atoms with Gasteiger partial charge >= 0.3 is 6.03 Å². The van der Waals surface area contributed by atoms with Crippen LogP contribution in [0.5, 0.6) is 0 Å². The zero-order valence-corrected chi connectivity index (χ0v) is 14.3. The summed E-state index contributed by atoms with van der Waals surface area (Å²) in [5, 5.41) is 10.0. The van der Waals surface area contributed by atoms with Crippen molar-refractivity contribution in [3.63, 3.8) is 0 Å². The second-order valence-corrected chi connectivity index (χ2v) is 7.21. The summed E-state index contributed by atoms with van der Waals surface area (Å²) < 4.78 is 5.81. The van der Waals surface area contributed by atoms with E-state index in [0.717, 1.165) is 42.4 Å². The van der Waals surface area contributed by atoms with E-state index in [1.54, 1.807) is 0 Å². The van der Waals surface area contributed by atoms with Crippen molar-refractivity contribution < 1.29 is 14.0 Å². The van der Waals surface area contributed by atoms with E-state index in [-0.39, 0.29) is 24.0 Å². The maximum Gasteiger partial charge on any atom is 0.315 e. The van der Waals surface area contributed by atoms with E-state index in [2.05, 4.69) is 16.0 Å². The highest BCUT2D eigenvalue weighted by Gasteiger charge is 2.49. The van der Waals surface area contributed by atoms with Gasteiger partial charge in [0, 0.05) is 5.39 Å². The number of hydrogen-bond acceptors (Lipinski definition) is 3. The quantitative estimate of drug-likeness (QED) is 0.802. The van der Waals surface area contributed by atoms with Crippen molar-refractivity contribution >= 4 is 22.9 Å². The molecule has 1 saturated heterocycles. The molecular weight excluding hydrogens is 318 g/mol. The smallest absolute Gasteiger partial charge is 0.315 e. The minimum absolute atomic E-state index is 0.0255. The first-order valence-electron chi connectivity index (χ1n) is 8.92. The van der Waals surface area contributed by atoms with E-state index in [0.29, 0.717) is 6.42 Å². The van der Waals surface area contributed by atoms with E-state index in [1.807, 2.05) is 37.3 Å². The maximum atomic E-state index is 12.6. The van der Waals surface area contributed by atoms with Gasteiger partial charge in [-0.1, -0.05) is 31.0 Å². The van der Waals surface area contributed by atoms with Crippen molar-refractivity contribution in [3.8, 4) is 0 Å². The van der Waals surface area contributed by atoms with Crippen LogP contribution in [0.4, 0.5) is 4.79 Å². The number of para-hydroxylation sites is 1. The predicted molar refractivity (Wildman–Crippen MR) is 94.0 cm³/mol. The Labute approximate surface area is 146 Å². The fraction of sp³-hybridized carbons (Fsp3) is 0.474. The summed E-state index contributed by atoms with van der Waals surface area (Å²) >= 11 is 0. The summed E-state index contributed by atoms with van der Waals surface area (Å²) in [5.74, 6) is 0.743. The predicted octanol–water partition coefficient (Wildman–Crippen LogP) is 2.99. The molecule has 1 aromatic carbocycles. The zero-order chi connectivity index (χ0) is 17.4. The molecule has 2 aromatic rings. The SMILES string of the molecule is C[C@@H](NC(=O)N[C@@]12CCCC[C@@H]1NC(=O)C2)c1cc2ccccc2o1. The molecule has 132 valence electrons. The number of rotatable bonds is 3. The number of hydrogen-bond donors (Lipinski definition) is 3. The van der Waals surface area contributed by atoms with Crippen LogP contribution < -0.4 is 16.0 Å². The molecule has 6 heteroatoms. The lowest BCUT2D eigenvalue weighted by atomic mass is 9.78. The molecule has 1 saturated carbocycles. The summed E-state index contributed by atoms with van der Waals surface area (Å²) in [4.78, 5) is 24.4. The molecule has 2 fully saturated rings. The molecule has 2 aliphatic rings.